The van der Waals surface area contributed by atoms with Crippen LogP contribution in [0.3, 0.4) is 0 Å². The van der Waals surface area contributed by atoms with Crippen molar-refractivity contribution < 1.29 is 9.90 Å². The van der Waals surface area contributed by atoms with Gasteiger partial charge in [0.05, 0.1) is 0 Å². The molecule has 1 fully saturated rings. The zero-order chi connectivity index (χ0) is 13.0. The first-order valence-electron chi connectivity index (χ1n) is 6.17. The Morgan fingerprint density at radius 2 is 2.17 bits per heavy atom. The summed E-state index contributed by atoms with van der Waals surface area (Å²) >= 11 is 0. The number of carbonyl (C=O) groups is 1. The van der Waals surface area contributed by atoms with E-state index in [4.69, 9.17) is 5.11 Å². The van der Waals surface area contributed by atoms with Crippen molar-refractivity contribution in [2.24, 2.45) is 5.92 Å². The topological polar surface area (TPSA) is 66.3 Å². The number of carboxylic acid groups (broad SMARTS) is 1. The highest BCUT2D eigenvalue weighted by Gasteiger charge is 2.24. The molecule has 96 valence electrons. The normalized spacial score (nSPS) is 14.9. The van der Waals surface area contributed by atoms with E-state index in [0.29, 0.717) is 5.56 Å². The van der Waals surface area contributed by atoms with Crippen LogP contribution in [0.1, 0.15) is 25.3 Å². The van der Waals surface area contributed by atoms with Crippen LogP contribution in [-0.2, 0) is 4.79 Å². The molecule has 0 bridgehead atoms. The fourth-order valence-corrected chi connectivity index (χ4v) is 1.71. The fourth-order valence-electron chi connectivity index (χ4n) is 1.71. The SMILES string of the molecule is CCN(CC1CC1)c1ncc(/C=C/C(=O)O)cn1. The second-order valence-corrected chi connectivity index (χ2v) is 4.47. The van der Waals surface area contributed by atoms with Gasteiger partial charge in [-0.05, 0) is 31.8 Å². The lowest BCUT2D eigenvalue weighted by molar-refractivity contribution is -0.131. The monoisotopic (exact) mass is 247 g/mol. The Kier molecular flexibility index (Phi) is 3.92. The molecule has 0 amide bonds. The van der Waals surface area contributed by atoms with Crippen molar-refractivity contribution >= 4 is 18.0 Å². The van der Waals surface area contributed by atoms with E-state index in [1.165, 1.54) is 18.9 Å². The van der Waals surface area contributed by atoms with Crippen LogP contribution in [0.5, 0.6) is 0 Å². The van der Waals surface area contributed by atoms with Crippen molar-refractivity contribution in [1.82, 2.24) is 9.97 Å². The van der Waals surface area contributed by atoms with Crippen LogP contribution in [0.25, 0.3) is 6.08 Å². The molecule has 0 unspecified atom stereocenters. The minimum absolute atomic E-state index is 0.698. The van der Waals surface area contributed by atoms with Gasteiger partial charge in [-0.1, -0.05) is 0 Å². The van der Waals surface area contributed by atoms with Crippen LogP contribution >= 0.6 is 0 Å². The molecule has 0 saturated heterocycles. The van der Waals surface area contributed by atoms with E-state index in [1.54, 1.807) is 12.4 Å². The lowest BCUT2D eigenvalue weighted by Crippen LogP contribution is -2.27. The zero-order valence-corrected chi connectivity index (χ0v) is 10.4. The van der Waals surface area contributed by atoms with Crippen molar-refractivity contribution in [2.45, 2.75) is 19.8 Å². The van der Waals surface area contributed by atoms with Gasteiger partial charge in [-0.2, -0.15) is 0 Å². The fraction of sp³-hybridized carbons (Fsp3) is 0.462. The van der Waals surface area contributed by atoms with Gasteiger partial charge in [0.25, 0.3) is 0 Å². The first-order valence-corrected chi connectivity index (χ1v) is 6.17. The van der Waals surface area contributed by atoms with Crippen molar-refractivity contribution in [2.75, 3.05) is 18.0 Å². The van der Waals surface area contributed by atoms with Gasteiger partial charge < -0.3 is 10.0 Å². The minimum atomic E-state index is -0.969. The Labute approximate surface area is 106 Å². The number of hydrogen-bond acceptors (Lipinski definition) is 4. The average molecular weight is 247 g/mol. The molecule has 18 heavy (non-hydrogen) atoms. The van der Waals surface area contributed by atoms with Crippen LogP contribution < -0.4 is 4.90 Å². The second kappa shape index (κ2) is 5.62. The van der Waals surface area contributed by atoms with Gasteiger partial charge >= 0.3 is 5.97 Å². The number of aliphatic carboxylic acids is 1. The maximum Gasteiger partial charge on any atom is 0.328 e. The molecule has 0 aliphatic heterocycles. The first-order chi connectivity index (χ1) is 8.69. The molecule has 2 rings (SSSR count). The predicted molar refractivity (Wildman–Crippen MR) is 69.3 cm³/mol. The van der Waals surface area contributed by atoms with E-state index in [0.717, 1.165) is 31.0 Å². The highest BCUT2D eigenvalue weighted by Crippen LogP contribution is 2.30. The summed E-state index contributed by atoms with van der Waals surface area (Å²) < 4.78 is 0. The lowest BCUT2D eigenvalue weighted by atomic mass is 10.3. The number of nitrogens with zero attached hydrogens (tertiary/aromatic N) is 3. The molecule has 1 aromatic heterocycles. The van der Waals surface area contributed by atoms with Crippen LogP contribution in [0.4, 0.5) is 5.95 Å². The molecule has 1 aliphatic rings. The van der Waals surface area contributed by atoms with E-state index in [2.05, 4.69) is 21.8 Å². The van der Waals surface area contributed by atoms with E-state index in [1.807, 2.05) is 0 Å². The van der Waals surface area contributed by atoms with Crippen molar-refractivity contribution in [1.29, 1.82) is 0 Å². The average Bonchev–Trinajstić information content (AvgIpc) is 3.18. The third kappa shape index (κ3) is 3.55. The molecule has 1 aromatic rings. The molecule has 0 spiro atoms. The Morgan fingerprint density at radius 3 is 2.67 bits per heavy atom. The molecule has 1 aliphatic carbocycles. The molecule has 5 nitrogen and oxygen atoms in total. The standard InChI is InChI=1S/C13H17N3O2/c1-2-16(9-10-3-4-10)13-14-7-11(8-15-13)5-6-12(17)18/h5-8,10H,2-4,9H2,1H3,(H,17,18)/b6-5+. The van der Waals surface area contributed by atoms with Crippen LogP contribution in [0.2, 0.25) is 0 Å². The maximum atomic E-state index is 10.4. The number of rotatable bonds is 6. The maximum absolute atomic E-state index is 10.4. The van der Waals surface area contributed by atoms with E-state index >= 15 is 0 Å². The number of aromatic nitrogens is 2. The summed E-state index contributed by atoms with van der Waals surface area (Å²) in [5.41, 5.74) is 0.698. The van der Waals surface area contributed by atoms with Crippen molar-refractivity contribution in [3.05, 3.63) is 24.0 Å². The van der Waals surface area contributed by atoms with Crippen LogP contribution in [0.15, 0.2) is 18.5 Å². The zero-order valence-electron chi connectivity index (χ0n) is 10.4. The first kappa shape index (κ1) is 12.5. The van der Waals surface area contributed by atoms with Crippen molar-refractivity contribution in [3.63, 3.8) is 0 Å². The quantitative estimate of drug-likeness (QED) is 0.776. The number of carboxylic acids is 1. The number of hydrogen-bond donors (Lipinski definition) is 1. The smallest absolute Gasteiger partial charge is 0.328 e. The van der Waals surface area contributed by atoms with Gasteiger partial charge in [-0.25, -0.2) is 14.8 Å². The van der Waals surface area contributed by atoms with Gasteiger partial charge in [-0.15, -0.1) is 0 Å². The number of anilines is 1. The summed E-state index contributed by atoms with van der Waals surface area (Å²) in [7, 11) is 0. The summed E-state index contributed by atoms with van der Waals surface area (Å²) in [5.74, 6) is 0.542. The Balaban J connectivity index is 2.02. The summed E-state index contributed by atoms with van der Waals surface area (Å²) in [6.45, 7) is 3.99. The molecule has 0 radical (unpaired) electrons. The summed E-state index contributed by atoms with van der Waals surface area (Å²) in [4.78, 5) is 21.1. The molecule has 1 N–H and O–H groups in total. The Bertz CT molecular complexity index is 438. The largest absolute Gasteiger partial charge is 0.478 e. The summed E-state index contributed by atoms with van der Waals surface area (Å²) in [6, 6.07) is 0. The van der Waals surface area contributed by atoms with E-state index < -0.39 is 5.97 Å². The Morgan fingerprint density at radius 1 is 1.50 bits per heavy atom. The van der Waals surface area contributed by atoms with Gasteiger partial charge in [0.1, 0.15) is 0 Å². The molecular formula is C13H17N3O2. The molecule has 1 saturated carbocycles. The third-order valence-corrected chi connectivity index (χ3v) is 2.92. The molecule has 1 heterocycles. The van der Waals surface area contributed by atoms with Crippen LogP contribution in [0, 0.1) is 5.92 Å². The van der Waals surface area contributed by atoms with Crippen LogP contribution in [-0.4, -0.2) is 34.1 Å². The van der Waals surface area contributed by atoms with Crippen molar-refractivity contribution in [3.8, 4) is 0 Å². The highest BCUT2D eigenvalue weighted by molar-refractivity contribution is 5.85. The second-order valence-electron chi connectivity index (χ2n) is 4.47. The minimum Gasteiger partial charge on any atom is -0.478 e. The third-order valence-electron chi connectivity index (χ3n) is 2.92. The Hall–Kier alpha value is -1.91. The molecule has 0 aromatic carbocycles. The highest BCUT2D eigenvalue weighted by atomic mass is 16.4. The van der Waals surface area contributed by atoms with Gasteiger partial charge in [0.2, 0.25) is 5.95 Å². The molecule has 5 heteroatoms. The summed E-state index contributed by atoms with van der Waals surface area (Å²) in [5, 5.41) is 8.53. The lowest BCUT2D eigenvalue weighted by Gasteiger charge is -2.20. The van der Waals surface area contributed by atoms with Gasteiger partial charge in [-0.3, -0.25) is 0 Å². The summed E-state index contributed by atoms with van der Waals surface area (Å²) in [6.07, 6.45) is 8.48. The van der Waals surface area contributed by atoms with E-state index in [9.17, 15) is 4.79 Å². The molecule has 0 atom stereocenters. The predicted octanol–water partition coefficient (Wildman–Crippen LogP) is 1.81. The van der Waals surface area contributed by atoms with Gasteiger partial charge in [0.15, 0.2) is 0 Å². The van der Waals surface area contributed by atoms with Gasteiger partial charge in [0, 0.05) is 37.1 Å². The molecular weight excluding hydrogens is 230 g/mol. The van der Waals surface area contributed by atoms with E-state index in [-0.39, 0.29) is 0 Å².